The van der Waals surface area contributed by atoms with E-state index >= 15 is 0 Å². The van der Waals surface area contributed by atoms with E-state index in [1.165, 1.54) is 0 Å². The van der Waals surface area contributed by atoms with E-state index in [0.717, 1.165) is 6.54 Å². The molecule has 0 N–H and O–H groups in total. The largest absolute Gasteiger partial charge is 0.464 e. The molecule has 1 saturated heterocycles. The Hall–Kier alpha value is -0.610. The van der Waals surface area contributed by atoms with Crippen LogP contribution in [-0.4, -0.2) is 50.3 Å². The number of ether oxygens (including phenoxy) is 2. The zero-order valence-corrected chi connectivity index (χ0v) is 7.58. The Morgan fingerprint density at radius 3 is 3.08 bits per heavy atom. The summed E-state index contributed by atoms with van der Waals surface area (Å²) in [6.07, 6.45) is -0.385. The molecule has 0 aliphatic carbocycles. The highest BCUT2D eigenvalue weighted by Gasteiger charge is 2.25. The van der Waals surface area contributed by atoms with E-state index < -0.39 is 0 Å². The average molecular weight is 173 g/mol. The highest BCUT2D eigenvalue weighted by atomic mass is 16.6. The lowest BCUT2D eigenvalue weighted by molar-refractivity contribution is -0.161. The number of nitrogens with zero attached hydrogens (tertiary/aromatic N) is 1. The molecular weight excluding hydrogens is 158 g/mol. The second-order valence-electron chi connectivity index (χ2n) is 2.87. The number of likely N-dealkylation sites (N-methyl/N-ethyl adjacent to an activating group) is 1. The number of carbonyl (C=O) groups is 1. The molecule has 4 heteroatoms. The van der Waals surface area contributed by atoms with Gasteiger partial charge in [0.05, 0.1) is 13.2 Å². The minimum atomic E-state index is -0.385. The lowest BCUT2D eigenvalue weighted by atomic mass is 10.3. The maximum absolute atomic E-state index is 11.2. The monoisotopic (exact) mass is 173 g/mol. The fraction of sp³-hybridized carbons (Fsp3) is 0.875. The Morgan fingerprint density at radius 1 is 1.75 bits per heavy atom. The molecule has 0 saturated carbocycles. The first-order chi connectivity index (χ1) is 5.74. The number of rotatable bonds is 2. The Balaban J connectivity index is 2.35. The van der Waals surface area contributed by atoms with Crippen LogP contribution in [0.25, 0.3) is 0 Å². The van der Waals surface area contributed by atoms with Crippen molar-refractivity contribution in [2.24, 2.45) is 0 Å². The van der Waals surface area contributed by atoms with Crippen molar-refractivity contribution in [2.75, 3.05) is 33.4 Å². The van der Waals surface area contributed by atoms with Crippen molar-refractivity contribution in [2.45, 2.75) is 13.0 Å². The predicted molar refractivity (Wildman–Crippen MR) is 43.9 cm³/mol. The molecular formula is C8H15NO3. The highest BCUT2D eigenvalue weighted by molar-refractivity contribution is 5.75. The maximum Gasteiger partial charge on any atom is 0.336 e. The van der Waals surface area contributed by atoms with E-state index in [1.807, 2.05) is 7.05 Å². The van der Waals surface area contributed by atoms with Gasteiger partial charge in [-0.2, -0.15) is 0 Å². The lowest BCUT2D eigenvalue weighted by Gasteiger charge is -2.28. The van der Waals surface area contributed by atoms with Gasteiger partial charge in [0.15, 0.2) is 6.10 Å². The Labute approximate surface area is 72.4 Å². The molecule has 1 aliphatic heterocycles. The number of carbonyl (C=O) groups excluding carboxylic acids is 1. The summed E-state index contributed by atoms with van der Waals surface area (Å²) < 4.78 is 10.1. The number of morpholine rings is 1. The van der Waals surface area contributed by atoms with Crippen LogP contribution in [0.15, 0.2) is 0 Å². The van der Waals surface area contributed by atoms with Crippen LogP contribution in [0.1, 0.15) is 6.92 Å². The minimum absolute atomic E-state index is 0.246. The lowest BCUT2D eigenvalue weighted by Crippen LogP contribution is -2.44. The quantitative estimate of drug-likeness (QED) is 0.546. The third-order valence-electron chi connectivity index (χ3n) is 1.82. The van der Waals surface area contributed by atoms with Crippen LogP contribution in [0.2, 0.25) is 0 Å². The van der Waals surface area contributed by atoms with Crippen LogP contribution < -0.4 is 0 Å². The van der Waals surface area contributed by atoms with Crippen LogP contribution in [0.3, 0.4) is 0 Å². The molecule has 0 aromatic rings. The van der Waals surface area contributed by atoms with Crippen molar-refractivity contribution in [3.05, 3.63) is 0 Å². The number of hydrogen-bond donors (Lipinski definition) is 0. The average Bonchev–Trinajstić information content (AvgIpc) is 2.05. The van der Waals surface area contributed by atoms with Gasteiger partial charge in [0.25, 0.3) is 0 Å². The summed E-state index contributed by atoms with van der Waals surface area (Å²) in [6, 6.07) is 0. The third kappa shape index (κ3) is 2.46. The molecule has 4 nitrogen and oxygen atoms in total. The van der Waals surface area contributed by atoms with E-state index in [2.05, 4.69) is 4.90 Å². The van der Waals surface area contributed by atoms with E-state index in [1.54, 1.807) is 6.92 Å². The van der Waals surface area contributed by atoms with E-state index in [9.17, 15) is 4.79 Å². The highest BCUT2D eigenvalue weighted by Crippen LogP contribution is 2.04. The van der Waals surface area contributed by atoms with Gasteiger partial charge in [-0.1, -0.05) is 0 Å². The van der Waals surface area contributed by atoms with Gasteiger partial charge < -0.3 is 14.4 Å². The van der Waals surface area contributed by atoms with Crippen LogP contribution >= 0.6 is 0 Å². The van der Waals surface area contributed by atoms with Gasteiger partial charge in [-0.15, -0.1) is 0 Å². The molecule has 1 unspecified atom stereocenters. The molecule has 1 atom stereocenters. The Morgan fingerprint density at radius 2 is 2.50 bits per heavy atom. The molecule has 0 bridgehead atoms. The van der Waals surface area contributed by atoms with Crippen LogP contribution in [0.4, 0.5) is 0 Å². The van der Waals surface area contributed by atoms with Gasteiger partial charge in [0, 0.05) is 13.1 Å². The topological polar surface area (TPSA) is 38.8 Å². The van der Waals surface area contributed by atoms with Crippen LogP contribution in [0.5, 0.6) is 0 Å². The van der Waals surface area contributed by atoms with Crippen molar-refractivity contribution >= 4 is 5.97 Å². The van der Waals surface area contributed by atoms with Gasteiger partial charge in [0.1, 0.15) is 0 Å². The minimum Gasteiger partial charge on any atom is -0.464 e. The normalized spacial score (nSPS) is 25.3. The van der Waals surface area contributed by atoms with Crippen LogP contribution in [-0.2, 0) is 14.3 Å². The molecule has 1 fully saturated rings. The summed E-state index contributed by atoms with van der Waals surface area (Å²) in [6.45, 7) is 4.35. The van der Waals surface area contributed by atoms with Crippen molar-refractivity contribution in [3.63, 3.8) is 0 Å². The summed E-state index contributed by atoms with van der Waals surface area (Å²) in [5.41, 5.74) is 0. The SMILES string of the molecule is CCOC(=O)C1CN(C)CCO1. The van der Waals surface area contributed by atoms with Gasteiger partial charge >= 0.3 is 5.97 Å². The van der Waals surface area contributed by atoms with E-state index in [4.69, 9.17) is 9.47 Å². The molecule has 0 amide bonds. The summed E-state index contributed by atoms with van der Waals surface area (Å²) >= 11 is 0. The zero-order chi connectivity index (χ0) is 8.97. The van der Waals surface area contributed by atoms with Crippen molar-refractivity contribution in [1.82, 2.24) is 4.90 Å². The van der Waals surface area contributed by atoms with Gasteiger partial charge in [-0.05, 0) is 14.0 Å². The first kappa shape index (κ1) is 9.48. The van der Waals surface area contributed by atoms with Gasteiger partial charge in [-0.3, -0.25) is 0 Å². The second-order valence-corrected chi connectivity index (χ2v) is 2.87. The van der Waals surface area contributed by atoms with Crippen molar-refractivity contribution < 1.29 is 14.3 Å². The van der Waals surface area contributed by atoms with E-state index in [-0.39, 0.29) is 12.1 Å². The smallest absolute Gasteiger partial charge is 0.336 e. The summed E-state index contributed by atoms with van der Waals surface area (Å²) in [5, 5.41) is 0. The van der Waals surface area contributed by atoms with Crippen molar-refractivity contribution in [3.8, 4) is 0 Å². The Kier molecular flexibility index (Phi) is 3.49. The number of esters is 1. The van der Waals surface area contributed by atoms with Gasteiger partial charge in [-0.25, -0.2) is 4.79 Å². The fourth-order valence-electron chi connectivity index (χ4n) is 1.16. The molecule has 12 heavy (non-hydrogen) atoms. The molecule has 70 valence electrons. The maximum atomic E-state index is 11.2. The molecule has 0 aromatic carbocycles. The molecule has 1 heterocycles. The molecule has 0 aromatic heterocycles. The second kappa shape index (κ2) is 4.42. The molecule has 1 aliphatic rings. The first-order valence-electron chi connectivity index (χ1n) is 4.21. The summed E-state index contributed by atoms with van der Waals surface area (Å²) in [7, 11) is 1.97. The standard InChI is InChI=1S/C8H15NO3/c1-3-11-8(10)7-6-9(2)4-5-12-7/h7H,3-6H2,1-2H3. The molecule has 0 radical (unpaired) electrons. The first-order valence-corrected chi connectivity index (χ1v) is 4.21. The summed E-state index contributed by atoms with van der Waals surface area (Å²) in [4.78, 5) is 13.2. The molecule has 1 rings (SSSR count). The Bertz CT molecular complexity index is 160. The summed E-state index contributed by atoms with van der Waals surface area (Å²) in [5.74, 6) is -0.246. The van der Waals surface area contributed by atoms with Crippen LogP contribution in [0, 0.1) is 0 Å². The van der Waals surface area contributed by atoms with E-state index in [0.29, 0.717) is 19.8 Å². The zero-order valence-electron chi connectivity index (χ0n) is 7.58. The molecule has 0 spiro atoms. The number of hydrogen-bond acceptors (Lipinski definition) is 4. The fourth-order valence-corrected chi connectivity index (χ4v) is 1.16. The third-order valence-corrected chi connectivity index (χ3v) is 1.82. The van der Waals surface area contributed by atoms with Gasteiger partial charge in [0.2, 0.25) is 0 Å². The predicted octanol–water partition coefficient (Wildman–Crippen LogP) is -0.120. The van der Waals surface area contributed by atoms with Crippen molar-refractivity contribution in [1.29, 1.82) is 0 Å².